The Balaban J connectivity index is 0.00000289. The van der Waals surface area contributed by atoms with Crippen molar-refractivity contribution in [3.63, 3.8) is 0 Å². The van der Waals surface area contributed by atoms with Gasteiger partial charge in [-0.15, -0.1) is 24.0 Å². The number of guanidine groups is 1. The van der Waals surface area contributed by atoms with Gasteiger partial charge < -0.3 is 15.2 Å². The molecule has 0 saturated heterocycles. The van der Waals surface area contributed by atoms with Crippen LogP contribution >= 0.6 is 35.6 Å². The Morgan fingerprint density at radius 1 is 1.03 bits per heavy atom. The van der Waals surface area contributed by atoms with E-state index >= 15 is 0 Å². The van der Waals surface area contributed by atoms with Gasteiger partial charge in [-0.1, -0.05) is 41.0 Å². The van der Waals surface area contributed by atoms with Gasteiger partial charge in [0.1, 0.15) is 0 Å². The van der Waals surface area contributed by atoms with Gasteiger partial charge >= 0.3 is 0 Å². The molecule has 0 amide bonds. The van der Waals surface area contributed by atoms with E-state index in [0.717, 1.165) is 5.56 Å². The molecule has 32 heavy (non-hydrogen) atoms. The van der Waals surface area contributed by atoms with Crippen LogP contribution in [0.3, 0.4) is 0 Å². The van der Waals surface area contributed by atoms with E-state index in [0.29, 0.717) is 42.3 Å². The first-order chi connectivity index (χ1) is 15.2. The largest absolute Gasteiger partial charge is 0.352 e. The fourth-order valence-electron chi connectivity index (χ4n) is 3.05. The number of hydrogen-bond donors (Lipinski definition) is 2. The van der Waals surface area contributed by atoms with Crippen LogP contribution in [0.15, 0.2) is 76.5 Å². The monoisotopic (exact) mass is 563 g/mol. The summed E-state index contributed by atoms with van der Waals surface area (Å²) in [7, 11) is 1.72. The van der Waals surface area contributed by atoms with Gasteiger partial charge in [-0.3, -0.25) is 9.67 Å². The third-order valence-corrected chi connectivity index (χ3v) is 4.91. The average molecular weight is 564 g/mol. The number of nitrogens with zero attached hydrogens (tertiary/aromatic N) is 5. The van der Waals surface area contributed by atoms with E-state index in [4.69, 9.17) is 16.1 Å². The van der Waals surface area contributed by atoms with Crippen molar-refractivity contribution in [2.75, 3.05) is 7.05 Å². The smallest absolute Gasteiger partial charge is 0.246 e. The van der Waals surface area contributed by atoms with Crippen LogP contribution in [0, 0.1) is 0 Å². The third kappa shape index (κ3) is 6.30. The molecule has 10 heteroatoms. The van der Waals surface area contributed by atoms with Gasteiger partial charge in [0.05, 0.1) is 13.1 Å². The number of benzene rings is 2. The van der Waals surface area contributed by atoms with Crippen LogP contribution in [-0.4, -0.2) is 32.9 Å². The van der Waals surface area contributed by atoms with Gasteiger partial charge in [0, 0.05) is 36.6 Å². The minimum absolute atomic E-state index is 0. The van der Waals surface area contributed by atoms with Gasteiger partial charge in [-0.25, -0.2) is 0 Å². The second kappa shape index (κ2) is 11.6. The van der Waals surface area contributed by atoms with Crippen LogP contribution in [0.4, 0.5) is 0 Å². The summed E-state index contributed by atoms with van der Waals surface area (Å²) in [5, 5.41) is 15.5. The lowest BCUT2D eigenvalue weighted by molar-refractivity contribution is 0.375. The summed E-state index contributed by atoms with van der Waals surface area (Å²) in [6, 6.07) is 17.5. The summed E-state index contributed by atoms with van der Waals surface area (Å²) < 4.78 is 7.24. The maximum atomic E-state index is 5.93. The van der Waals surface area contributed by atoms with E-state index in [2.05, 4.69) is 43.0 Å². The van der Waals surface area contributed by atoms with Crippen molar-refractivity contribution in [3.8, 4) is 11.4 Å². The SMILES string of the molecule is CN=C(NCc1nc(-c2ccc(Cl)cc2)no1)NCc1ccccc1Cn1cccn1.I. The molecule has 166 valence electrons. The molecule has 0 aliphatic carbocycles. The number of nitrogens with one attached hydrogen (secondary N) is 2. The highest BCUT2D eigenvalue weighted by atomic mass is 127. The Morgan fingerprint density at radius 2 is 1.78 bits per heavy atom. The van der Waals surface area contributed by atoms with Gasteiger partial charge in [0.2, 0.25) is 11.7 Å². The molecule has 0 unspecified atom stereocenters. The predicted octanol–water partition coefficient (Wildman–Crippen LogP) is 4.12. The molecule has 2 N–H and O–H groups in total. The van der Waals surface area contributed by atoms with E-state index < -0.39 is 0 Å². The standard InChI is InChI=1S/C22H22ClN7O.HI/c1-24-22(25-13-17-5-2-3-6-18(17)15-30-12-4-11-27-30)26-14-20-28-21(29-31-20)16-7-9-19(23)10-8-16;/h2-12H,13-15H2,1H3,(H2,24,25,26);1H. The molecular formula is C22H23ClIN7O. The zero-order chi connectivity index (χ0) is 21.5. The Morgan fingerprint density at radius 3 is 2.50 bits per heavy atom. The number of halogens is 2. The zero-order valence-corrected chi connectivity index (χ0v) is 20.5. The van der Waals surface area contributed by atoms with E-state index in [1.807, 2.05) is 41.2 Å². The zero-order valence-electron chi connectivity index (χ0n) is 17.4. The summed E-state index contributed by atoms with van der Waals surface area (Å²) >= 11 is 5.93. The number of aromatic nitrogens is 4. The van der Waals surface area contributed by atoms with Crippen molar-refractivity contribution in [3.05, 3.63) is 89.0 Å². The Labute approximate surface area is 208 Å². The first-order valence-electron chi connectivity index (χ1n) is 9.78. The molecule has 4 rings (SSSR count). The highest BCUT2D eigenvalue weighted by molar-refractivity contribution is 14.0. The lowest BCUT2D eigenvalue weighted by Gasteiger charge is -2.13. The lowest BCUT2D eigenvalue weighted by Crippen LogP contribution is -2.36. The summed E-state index contributed by atoms with van der Waals surface area (Å²) in [4.78, 5) is 8.69. The minimum atomic E-state index is 0. The summed E-state index contributed by atoms with van der Waals surface area (Å²) in [5.74, 6) is 1.62. The van der Waals surface area contributed by atoms with Crippen LogP contribution in [0.2, 0.25) is 5.02 Å². The normalized spacial score (nSPS) is 11.1. The molecule has 2 aromatic heterocycles. The van der Waals surface area contributed by atoms with Crippen LogP contribution in [0.5, 0.6) is 0 Å². The van der Waals surface area contributed by atoms with Gasteiger partial charge in [-0.05, 0) is 41.5 Å². The van der Waals surface area contributed by atoms with Crippen molar-refractivity contribution in [2.45, 2.75) is 19.6 Å². The van der Waals surface area contributed by atoms with E-state index in [1.54, 1.807) is 25.4 Å². The van der Waals surface area contributed by atoms with Gasteiger partial charge in [0.25, 0.3) is 0 Å². The van der Waals surface area contributed by atoms with Crippen molar-refractivity contribution in [1.82, 2.24) is 30.6 Å². The molecular weight excluding hydrogens is 541 g/mol. The average Bonchev–Trinajstić information content (AvgIpc) is 3.48. The van der Waals surface area contributed by atoms with Gasteiger partial charge in [-0.2, -0.15) is 10.1 Å². The molecule has 0 aliphatic heterocycles. The Bertz CT molecular complexity index is 1140. The van der Waals surface area contributed by atoms with Crippen LogP contribution in [-0.2, 0) is 19.6 Å². The molecule has 4 aromatic rings. The maximum Gasteiger partial charge on any atom is 0.246 e. The van der Waals surface area contributed by atoms with Crippen molar-refractivity contribution < 1.29 is 4.52 Å². The molecule has 0 bridgehead atoms. The summed E-state index contributed by atoms with van der Waals surface area (Å²) in [6.07, 6.45) is 3.73. The maximum absolute atomic E-state index is 5.93. The molecule has 8 nitrogen and oxygen atoms in total. The first kappa shape index (κ1) is 23.7. The molecule has 0 spiro atoms. The second-order valence-electron chi connectivity index (χ2n) is 6.77. The molecule has 0 saturated carbocycles. The van der Waals surface area contributed by atoms with E-state index in [9.17, 15) is 0 Å². The van der Waals surface area contributed by atoms with Crippen molar-refractivity contribution >= 4 is 41.5 Å². The molecule has 0 radical (unpaired) electrons. The Kier molecular flexibility index (Phi) is 8.63. The fraction of sp³-hybridized carbons (Fsp3) is 0.182. The van der Waals surface area contributed by atoms with Crippen LogP contribution in [0.1, 0.15) is 17.0 Å². The van der Waals surface area contributed by atoms with Crippen molar-refractivity contribution in [1.29, 1.82) is 0 Å². The van der Waals surface area contributed by atoms with E-state index in [-0.39, 0.29) is 24.0 Å². The topological polar surface area (TPSA) is 93.2 Å². The molecule has 2 heterocycles. The molecule has 0 atom stereocenters. The van der Waals surface area contributed by atoms with Crippen LogP contribution in [0.25, 0.3) is 11.4 Å². The number of hydrogen-bond acceptors (Lipinski definition) is 5. The fourth-order valence-corrected chi connectivity index (χ4v) is 3.18. The quantitative estimate of drug-likeness (QED) is 0.200. The highest BCUT2D eigenvalue weighted by Gasteiger charge is 2.10. The lowest BCUT2D eigenvalue weighted by atomic mass is 10.1. The molecule has 0 aliphatic rings. The summed E-state index contributed by atoms with van der Waals surface area (Å²) in [5.41, 5.74) is 3.21. The highest BCUT2D eigenvalue weighted by Crippen LogP contribution is 2.18. The third-order valence-electron chi connectivity index (χ3n) is 4.66. The van der Waals surface area contributed by atoms with Crippen LogP contribution < -0.4 is 10.6 Å². The molecule has 0 fully saturated rings. The first-order valence-corrected chi connectivity index (χ1v) is 10.2. The minimum Gasteiger partial charge on any atom is -0.352 e. The van der Waals surface area contributed by atoms with E-state index in [1.165, 1.54) is 11.1 Å². The second-order valence-corrected chi connectivity index (χ2v) is 7.21. The number of rotatable bonds is 7. The summed E-state index contributed by atoms with van der Waals surface area (Å²) in [6.45, 7) is 1.69. The molecule has 2 aromatic carbocycles. The number of aliphatic imine (C=N–C) groups is 1. The Hall–Kier alpha value is -2.92. The van der Waals surface area contributed by atoms with Gasteiger partial charge in [0.15, 0.2) is 5.96 Å². The predicted molar refractivity (Wildman–Crippen MR) is 135 cm³/mol. The van der Waals surface area contributed by atoms with Crippen molar-refractivity contribution in [2.24, 2.45) is 4.99 Å².